The van der Waals surface area contributed by atoms with E-state index in [9.17, 15) is 0 Å². The lowest BCUT2D eigenvalue weighted by Gasteiger charge is -2.22. The number of hydrogen-bond donors (Lipinski definition) is 0. The summed E-state index contributed by atoms with van der Waals surface area (Å²) in [6.07, 6.45) is 1.96. The minimum Gasteiger partial charge on any atom is -0.497 e. The molecule has 0 aliphatic rings. The number of methoxy groups -OCH3 is 1. The van der Waals surface area contributed by atoms with Gasteiger partial charge in [0.15, 0.2) is 0 Å². The van der Waals surface area contributed by atoms with Crippen molar-refractivity contribution in [1.29, 1.82) is 0 Å². The van der Waals surface area contributed by atoms with Gasteiger partial charge in [-0.05, 0) is 56.2 Å². The zero-order chi connectivity index (χ0) is 16.2. The zero-order valence-electron chi connectivity index (χ0n) is 13.8. The molecule has 2 nitrogen and oxygen atoms in total. The molecule has 2 heteroatoms. The minimum absolute atomic E-state index is 0.162. The molecule has 0 saturated heterocycles. The Labute approximate surface area is 133 Å². The zero-order valence-corrected chi connectivity index (χ0v) is 13.8. The van der Waals surface area contributed by atoms with Crippen LogP contribution in [0.3, 0.4) is 0 Å². The highest BCUT2D eigenvalue weighted by Crippen LogP contribution is 2.29. The largest absolute Gasteiger partial charge is 0.497 e. The van der Waals surface area contributed by atoms with Crippen molar-refractivity contribution in [2.45, 2.75) is 32.3 Å². The van der Waals surface area contributed by atoms with E-state index in [1.165, 1.54) is 11.1 Å². The SMILES string of the molecule is C=CC(c1ccc(OC)cc1)c1ccc(OC(C)(C)C)cc1. The Balaban J connectivity index is 2.21. The van der Waals surface area contributed by atoms with Gasteiger partial charge < -0.3 is 9.47 Å². The Bertz CT molecular complexity index is 604. The van der Waals surface area contributed by atoms with E-state index in [4.69, 9.17) is 9.47 Å². The van der Waals surface area contributed by atoms with E-state index in [1.807, 2.05) is 51.1 Å². The van der Waals surface area contributed by atoms with Gasteiger partial charge in [0.05, 0.1) is 7.11 Å². The summed E-state index contributed by atoms with van der Waals surface area (Å²) in [7, 11) is 1.67. The number of benzene rings is 2. The molecule has 0 amide bonds. The van der Waals surface area contributed by atoms with E-state index in [1.54, 1.807) is 7.11 Å². The van der Waals surface area contributed by atoms with Crippen LogP contribution in [0.15, 0.2) is 61.2 Å². The van der Waals surface area contributed by atoms with Gasteiger partial charge in [-0.1, -0.05) is 30.3 Å². The van der Waals surface area contributed by atoms with E-state index in [0.717, 1.165) is 11.5 Å². The fraction of sp³-hybridized carbons (Fsp3) is 0.300. The van der Waals surface area contributed by atoms with Crippen LogP contribution in [-0.2, 0) is 0 Å². The first-order valence-electron chi connectivity index (χ1n) is 7.48. The van der Waals surface area contributed by atoms with Crippen LogP contribution in [0.2, 0.25) is 0 Å². The van der Waals surface area contributed by atoms with Gasteiger partial charge in [-0.3, -0.25) is 0 Å². The normalized spacial score (nSPS) is 12.5. The monoisotopic (exact) mass is 296 g/mol. The van der Waals surface area contributed by atoms with Gasteiger partial charge in [0.2, 0.25) is 0 Å². The molecule has 1 unspecified atom stereocenters. The molecular formula is C20H24O2. The highest BCUT2D eigenvalue weighted by molar-refractivity contribution is 5.41. The van der Waals surface area contributed by atoms with Gasteiger partial charge in [-0.2, -0.15) is 0 Å². The summed E-state index contributed by atoms with van der Waals surface area (Å²) in [5.74, 6) is 1.91. The van der Waals surface area contributed by atoms with Crippen LogP contribution in [-0.4, -0.2) is 12.7 Å². The standard InChI is InChI=1S/C20H24O2/c1-6-19(15-7-11-17(21-5)12-8-15)16-9-13-18(14-10-16)22-20(2,3)4/h6-14,19H,1H2,2-5H3. The van der Waals surface area contributed by atoms with Crippen molar-refractivity contribution < 1.29 is 9.47 Å². The van der Waals surface area contributed by atoms with Gasteiger partial charge in [-0.25, -0.2) is 0 Å². The summed E-state index contributed by atoms with van der Waals surface area (Å²) >= 11 is 0. The van der Waals surface area contributed by atoms with Crippen molar-refractivity contribution >= 4 is 0 Å². The highest BCUT2D eigenvalue weighted by Gasteiger charge is 2.14. The van der Waals surface area contributed by atoms with E-state index in [-0.39, 0.29) is 11.5 Å². The second-order valence-electron chi connectivity index (χ2n) is 6.27. The third kappa shape index (κ3) is 4.14. The summed E-state index contributed by atoms with van der Waals surface area (Å²) in [5.41, 5.74) is 2.21. The number of ether oxygens (including phenoxy) is 2. The molecule has 0 heterocycles. The van der Waals surface area contributed by atoms with Crippen LogP contribution in [0.1, 0.15) is 37.8 Å². The van der Waals surface area contributed by atoms with Crippen LogP contribution < -0.4 is 9.47 Å². The highest BCUT2D eigenvalue weighted by atomic mass is 16.5. The van der Waals surface area contributed by atoms with Gasteiger partial charge in [0.25, 0.3) is 0 Å². The smallest absolute Gasteiger partial charge is 0.120 e. The molecule has 2 aromatic rings. The molecule has 1 atom stereocenters. The molecule has 2 aromatic carbocycles. The van der Waals surface area contributed by atoms with E-state index in [0.29, 0.717) is 0 Å². The summed E-state index contributed by atoms with van der Waals surface area (Å²) < 4.78 is 11.1. The summed E-state index contributed by atoms with van der Waals surface area (Å²) in [4.78, 5) is 0. The van der Waals surface area contributed by atoms with E-state index in [2.05, 4.69) is 30.8 Å². The molecule has 0 saturated carbocycles. The molecule has 0 spiro atoms. The maximum atomic E-state index is 5.86. The van der Waals surface area contributed by atoms with Gasteiger partial charge in [-0.15, -0.1) is 6.58 Å². The minimum atomic E-state index is -0.185. The predicted octanol–water partition coefficient (Wildman–Crippen LogP) is 5.19. The second kappa shape index (κ2) is 6.69. The number of allylic oxidation sites excluding steroid dienone is 1. The molecule has 2 rings (SSSR count). The van der Waals surface area contributed by atoms with Crippen molar-refractivity contribution in [2.24, 2.45) is 0 Å². The fourth-order valence-electron chi connectivity index (χ4n) is 2.37. The summed E-state index contributed by atoms with van der Waals surface area (Å²) in [5, 5.41) is 0. The predicted molar refractivity (Wildman–Crippen MR) is 91.9 cm³/mol. The molecule has 0 radical (unpaired) electrons. The third-order valence-corrected chi connectivity index (χ3v) is 3.37. The van der Waals surface area contributed by atoms with Gasteiger partial charge in [0.1, 0.15) is 17.1 Å². The molecule has 22 heavy (non-hydrogen) atoms. The maximum absolute atomic E-state index is 5.86. The van der Waals surface area contributed by atoms with Crippen LogP contribution in [0.5, 0.6) is 11.5 Å². The molecule has 0 fully saturated rings. The van der Waals surface area contributed by atoms with Crippen LogP contribution in [0.4, 0.5) is 0 Å². The first-order valence-corrected chi connectivity index (χ1v) is 7.48. The first kappa shape index (κ1) is 16.2. The first-order chi connectivity index (χ1) is 10.4. The third-order valence-electron chi connectivity index (χ3n) is 3.37. The van der Waals surface area contributed by atoms with Gasteiger partial charge in [0, 0.05) is 5.92 Å². The van der Waals surface area contributed by atoms with Crippen molar-refractivity contribution in [3.8, 4) is 11.5 Å². The van der Waals surface area contributed by atoms with E-state index >= 15 is 0 Å². The summed E-state index contributed by atoms with van der Waals surface area (Å²) in [6, 6.07) is 16.3. The Kier molecular flexibility index (Phi) is 4.92. The molecule has 0 aliphatic carbocycles. The van der Waals surface area contributed by atoms with Crippen molar-refractivity contribution in [2.75, 3.05) is 7.11 Å². The van der Waals surface area contributed by atoms with Gasteiger partial charge >= 0.3 is 0 Å². The Morgan fingerprint density at radius 3 is 1.68 bits per heavy atom. The molecule has 0 aromatic heterocycles. The average Bonchev–Trinajstić information content (AvgIpc) is 2.49. The fourth-order valence-corrected chi connectivity index (χ4v) is 2.37. The maximum Gasteiger partial charge on any atom is 0.120 e. The molecule has 0 bridgehead atoms. The molecular weight excluding hydrogens is 272 g/mol. The molecule has 0 aliphatic heterocycles. The molecule has 0 N–H and O–H groups in total. The summed E-state index contributed by atoms with van der Waals surface area (Å²) in [6.45, 7) is 10.1. The van der Waals surface area contributed by atoms with Crippen molar-refractivity contribution in [1.82, 2.24) is 0 Å². The van der Waals surface area contributed by atoms with Crippen LogP contribution in [0, 0.1) is 0 Å². The lowest BCUT2D eigenvalue weighted by molar-refractivity contribution is 0.131. The van der Waals surface area contributed by atoms with E-state index < -0.39 is 0 Å². The molecule has 116 valence electrons. The Hall–Kier alpha value is -2.22. The van der Waals surface area contributed by atoms with Crippen LogP contribution in [0.25, 0.3) is 0 Å². The second-order valence-corrected chi connectivity index (χ2v) is 6.27. The quantitative estimate of drug-likeness (QED) is 0.707. The topological polar surface area (TPSA) is 18.5 Å². The number of hydrogen-bond acceptors (Lipinski definition) is 2. The lowest BCUT2D eigenvalue weighted by atomic mass is 9.91. The van der Waals surface area contributed by atoms with Crippen molar-refractivity contribution in [3.63, 3.8) is 0 Å². The number of rotatable bonds is 5. The van der Waals surface area contributed by atoms with Crippen molar-refractivity contribution in [3.05, 3.63) is 72.3 Å². The van der Waals surface area contributed by atoms with Crippen LogP contribution >= 0.6 is 0 Å². The lowest BCUT2D eigenvalue weighted by Crippen LogP contribution is -2.22. The Morgan fingerprint density at radius 1 is 0.864 bits per heavy atom. The Morgan fingerprint density at radius 2 is 1.32 bits per heavy atom. The average molecular weight is 296 g/mol.